The summed E-state index contributed by atoms with van der Waals surface area (Å²) in [4.78, 5) is 16.6. The molecule has 2 saturated carbocycles. The summed E-state index contributed by atoms with van der Waals surface area (Å²) in [6.45, 7) is 16.9. The minimum atomic E-state index is -0.186. The maximum atomic E-state index is 9.83. The molecular weight excluding hydrogens is 653 g/mol. The number of aromatic nitrogens is 4. The Morgan fingerprint density at radius 3 is 1.83 bits per heavy atom. The smallest absolute Gasteiger partial charge is 0.227 e. The monoisotopic (exact) mass is 719 g/mol. The second-order valence-electron chi connectivity index (χ2n) is 13.9. The second-order valence-corrected chi connectivity index (χ2v) is 13.9. The normalized spacial score (nSPS) is 19.8. The number of anilines is 2. The third kappa shape index (κ3) is 14.1. The van der Waals surface area contributed by atoms with E-state index in [1.165, 1.54) is 36.3 Å². The van der Waals surface area contributed by atoms with E-state index in [1.54, 1.807) is 6.92 Å². The fourth-order valence-corrected chi connectivity index (χ4v) is 6.29. The van der Waals surface area contributed by atoms with Gasteiger partial charge in [0.1, 0.15) is 0 Å². The van der Waals surface area contributed by atoms with Crippen LogP contribution in [0.2, 0.25) is 0 Å². The molecule has 0 saturated heterocycles. The molecule has 2 aromatic carbocycles. The predicted octanol–water partition coefficient (Wildman–Crippen LogP) is 7.00. The zero-order valence-corrected chi connectivity index (χ0v) is 32.5. The molecule has 52 heavy (non-hydrogen) atoms. The quantitative estimate of drug-likeness (QED) is 0.101. The van der Waals surface area contributed by atoms with E-state index in [4.69, 9.17) is 25.9 Å². The highest BCUT2D eigenvalue weighted by Crippen LogP contribution is 2.27. The van der Waals surface area contributed by atoms with Crippen molar-refractivity contribution in [1.82, 2.24) is 24.4 Å². The Morgan fingerprint density at radius 1 is 0.788 bits per heavy atom. The Bertz CT molecular complexity index is 1500. The Labute approximate surface area is 312 Å². The molecule has 0 radical (unpaired) electrons. The Morgan fingerprint density at radius 2 is 1.33 bits per heavy atom. The number of rotatable bonds is 10. The summed E-state index contributed by atoms with van der Waals surface area (Å²) in [5.41, 5.74) is 10.8. The van der Waals surface area contributed by atoms with Crippen LogP contribution in [0.25, 0.3) is 22.3 Å². The van der Waals surface area contributed by atoms with Crippen LogP contribution in [0, 0.1) is 0 Å². The van der Waals surface area contributed by atoms with Gasteiger partial charge in [-0.05, 0) is 108 Å². The van der Waals surface area contributed by atoms with Gasteiger partial charge in [-0.3, -0.25) is 0 Å². The van der Waals surface area contributed by atoms with E-state index in [1.807, 2.05) is 12.4 Å². The van der Waals surface area contributed by atoms with Crippen molar-refractivity contribution < 1.29 is 15.3 Å². The van der Waals surface area contributed by atoms with Crippen molar-refractivity contribution in [3.8, 4) is 11.1 Å². The van der Waals surface area contributed by atoms with E-state index in [2.05, 4.69) is 108 Å². The van der Waals surface area contributed by atoms with Gasteiger partial charge in [0.25, 0.3) is 0 Å². The SMILES string of the molecule is CC(C)n1cnc2c(NCc3ccc(-c4ccccc4)cc3)nc(NC3CCC(O)CC3)nc21.CCN(CC)CC.CCO.NC1CCC(O)CC1. The molecule has 288 valence electrons. The summed E-state index contributed by atoms with van der Waals surface area (Å²) in [6.07, 6.45) is 8.87. The van der Waals surface area contributed by atoms with Crippen LogP contribution in [0.5, 0.6) is 0 Å². The number of hydrogen-bond acceptors (Lipinski definition) is 10. The minimum Gasteiger partial charge on any atom is -0.397 e. The van der Waals surface area contributed by atoms with Gasteiger partial charge in [-0.1, -0.05) is 75.4 Å². The number of benzene rings is 2. The lowest BCUT2D eigenvalue weighted by atomic mass is 9.93. The average molecular weight is 719 g/mol. The molecule has 2 aromatic heterocycles. The Hall–Kier alpha value is -3.61. The molecule has 0 unspecified atom stereocenters. The maximum absolute atomic E-state index is 9.83. The number of nitrogens with two attached hydrogens (primary N) is 1. The van der Waals surface area contributed by atoms with E-state index in [0.717, 1.165) is 68.3 Å². The molecule has 2 aliphatic carbocycles. The Kier molecular flexibility index (Phi) is 19.0. The lowest BCUT2D eigenvalue weighted by Gasteiger charge is -2.26. The zero-order chi connectivity index (χ0) is 37.9. The van der Waals surface area contributed by atoms with Gasteiger partial charge >= 0.3 is 0 Å². The largest absolute Gasteiger partial charge is 0.397 e. The maximum Gasteiger partial charge on any atom is 0.227 e. The van der Waals surface area contributed by atoms with E-state index in [0.29, 0.717) is 18.5 Å². The molecule has 0 bridgehead atoms. The standard InChI is InChI=1S/C27H32N6O.C6H13NO.C6H15N.C2H6O/c1-18(2)33-17-29-24-25(31-27(32-26(24)33)30-22-12-14-23(34)15-13-22)28-16-19-8-10-21(11-9-19)20-6-4-3-5-7-20;7-5-1-3-6(8)4-2-5;1-4-7(5-2)6-3;1-2-3/h3-11,17-18,22-23,34H,12-16H2,1-2H3,(H2,28,30,31,32);5-6,8H,1-4,7H2;4-6H2,1-3H3;3H,2H2,1H3. The molecule has 0 aliphatic heterocycles. The topological polar surface area (TPSA) is 158 Å². The van der Waals surface area contributed by atoms with Crippen molar-refractivity contribution in [1.29, 1.82) is 0 Å². The first-order valence-corrected chi connectivity index (χ1v) is 19.5. The average Bonchev–Trinajstić information content (AvgIpc) is 3.60. The molecule has 2 heterocycles. The van der Waals surface area contributed by atoms with Gasteiger partial charge in [0.2, 0.25) is 5.95 Å². The van der Waals surface area contributed by atoms with Gasteiger partial charge in [0.05, 0.1) is 18.5 Å². The van der Waals surface area contributed by atoms with E-state index < -0.39 is 0 Å². The molecule has 6 rings (SSSR count). The predicted molar refractivity (Wildman–Crippen MR) is 215 cm³/mol. The van der Waals surface area contributed by atoms with Crippen molar-refractivity contribution in [2.24, 2.45) is 5.73 Å². The fourth-order valence-electron chi connectivity index (χ4n) is 6.29. The highest BCUT2D eigenvalue weighted by Gasteiger charge is 2.22. The summed E-state index contributed by atoms with van der Waals surface area (Å²) in [5.74, 6) is 1.34. The summed E-state index contributed by atoms with van der Waals surface area (Å²) in [6, 6.07) is 19.9. The van der Waals surface area contributed by atoms with E-state index >= 15 is 0 Å². The van der Waals surface area contributed by atoms with Crippen molar-refractivity contribution in [3.05, 3.63) is 66.5 Å². The number of nitrogens with one attached hydrogen (secondary N) is 2. The number of fused-ring (bicyclic) bond motifs is 1. The number of nitrogens with zero attached hydrogens (tertiary/aromatic N) is 5. The van der Waals surface area contributed by atoms with Crippen molar-refractivity contribution in [3.63, 3.8) is 0 Å². The zero-order valence-electron chi connectivity index (χ0n) is 32.5. The van der Waals surface area contributed by atoms with Crippen LogP contribution in [0.15, 0.2) is 60.9 Å². The lowest BCUT2D eigenvalue weighted by Crippen LogP contribution is -2.29. The van der Waals surface area contributed by atoms with E-state index in [9.17, 15) is 5.11 Å². The van der Waals surface area contributed by atoms with Crippen LogP contribution in [0.1, 0.15) is 105 Å². The molecule has 2 fully saturated rings. The van der Waals surface area contributed by atoms with Crippen molar-refractivity contribution in [2.45, 2.75) is 130 Å². The highest BCUT2D eigenvalue weighted by atomic mass is 16.3. The first-order valence-electron chi connectivity index (χ1n) is 19.5. The molecule has 11 heteroatoms. The van der Waals surface area contributed by atoms with Gasteiger partial charge in [-0.2, -0.15) is 9.97 Å². The molecule has 7 N–H and O–H groups in total. The number of imidazole rings is 1. The Balaban J connectivity index is 0.000000333. The number of aliphatic hydroxyl groups is 3. The van der Waals surface area contributed by atoms with Crippen LogP contribution < -0.4 is 16.4 Å². The van der Waals surface area contributed by atoms with Gasteiger partial charge < -0.3 is 41.2 Å². The summed E-state index contributed by atoms with van der Waals surface area (Å²) in [5, 5.41) is 33.4. The molecule has 0 spiro atoms. The van der Waals surface area contributed by atoms with Gasteiger partial charge in [-0.15, -0.1) is 0 Å². The van der Waals surface area contributed by atoms with Crippen LogP contribution in [0.4, 0.5) is 11.8 Å². The van der Waals surface area contributed by atoms with Gasteiger partial charge in [0, 0.05) is 31.3 Å². The molecule has 0 amide bonds. The van der Waals surface area contributed by atoms with Crippen LogP contribution in [-0.4, -0.2) is 90.3 Å². The van der Waals surface area contributed by atoms with Crippen molar-refractivity contribution in [2.75, 3.05) is 36.9 Å². The second kappa shape index (κ2) is 23.1. The first kappa shape index (κ1) is 42.8. The van der Waals surface area contributed by atoms with E-state index in [-0.39, 0.29) is 30.9 Å². The molecular formula is C41H66N8O3. The lowest BCUT2D eigenvalue weighted by molar-refractivity contribution is 0.123. The summed E-state index contributed by atoms with van der Waals surface area (Å²) in [7, 11) is 0. The van der Waals surface area contributed by atoms with Crippen molar-refractivity contribution >= 4 is 22.9 Å². The third-order valence-electron chi connectivity index (χ3n) is 9.61. The third-order valence-corrected chi connectivity index (χ3v) is 9.61. The minimum absolute atomic E-state index is 0.0604. The summed E-state index contributed by atoms with van der Waals surface area (Å²) >= 11 is 0. The molecule has 2 aliphatic rings. The molecule has 4 aromatic rings. The van der Waals surface area contributed by atoms with Gasteiger partial charge in [-0.25, -0.2) is 4.98 Å². The van der Waals surface area contributed by atoms with Crippen LogP contribution >= 0.6 is 0 Å². The summed E-state index contributed by atoms with van der Waals surface area (Å²) < 4.78 is 2.08. The number of aliphatic hydroxyl groups excluding tert-OH is 3. The van der Waals surface area contributed by atoms with Crippen LogP contribution in [-0.2, 0) is 6.54 Å². The number of hydrogen-bond donors (Lipinski definition) is 6. The first-order chi connectivity index (χ1) is 25.1. The highest BCUT2D eigenvalue weighted by molar-refractivity contribution is 5.84. The van der Waals surface area contributed by atoms with Gasteiger partial charge in [0.15, 0.2) is 17.0 Å². The molecule has 11 nitrogen and oxygen atoms in total. The fraction of sp³-hybridized carbons (Fsp3) is 0.585. The van der Waals surface area contributed by atoms with Crippen LogP contribution in [0.3, 0.4) is 0 Å². The molecule has 0 atom stereocenters.